The van der Waals surface area contributed by atoms with Crippen LogP contribution in [0.2, 0.25) is 0 Å². The molecule has 19 heavy (non-hydrogen) atoms. The third kappa shape index (κ3) is 3.28. The number of methoxy groups -OCH3 is 1. The summed E-state index contributed by atoms with van der Waals surface area (Å²) >= 11 is 0. The monoisotopic (exact) mass is 261 g/mol. The van der Waals surface area contributed by atoms with Gasteiger partial charge in [-0.3, -0.25) is 4.79 Å². The van der Waals surface area contributed by atoms with Gasteiger partial charge in [-0.15, -0.1) is 0 Å². The van der Waals surface area contributed by atoms with Crippen molar-refractivity contribution in [1.29, 1.82) is 0 Å². The lowest BCUT2D eigenvalue weighted by Crippen LogP contribution is -2.38. The summed E-state index contributed by atoms with van der Waals surface area (Å²) < 4.78 is 5.14. The molecule has 0 radical (unpaired) electrons. The Morgan fingerprint density at radius 2 is 2.11 bits per heavy atom. The lowest BCUT2D eigenvalue weighted by molar-refractivity contribution is -0.135. The van der Waals surface area contributed by atoms with Gasteiger partial charge in [-0.05, 0) is 43.9 Å². The highest BCUT2D eigenvalue weighted by atomic mass is 16.5. The van der Waals surface area contributed by atoms with E-state index in [0.29, 0.717) is 11.9 Å². The highest BCUT2D eigenvalue weighted by molar-refractivity contribution is 5.79. The topological polar surface area (TPSA) is 29.5 Å². The number of hydrogen-bond acceptors (Lipinski definition) is 2. The van der Waals surface area contributed by atoms with E-state index in [2.05, 4.69) is 6.92 Å². The second-order valence-corrected chi connectivity index (χ2v) is 5.48. The number of rotatable bonds is 4. The molecule has 1 aromatic rings. The van der Waals surface area contributed by atoms with Gasteiger partial charge in [0.05, 0.1) is 7.11 Å². The Bertz CT molecular complexity index is 427. The molecule has 1 aromatic carbocycles. The molecule has 1 saturated heterocycles. The molecule has 0 N–H and O–H groups in total. The first-order chi connectivity index (χ1) is 9.11. The van der Waals surface area contributed by atoms with Gasteiger partial charge in [0.1, 0.15) is 5.75 Å². The van der Waals surface area contributed by atoms with E-state index in [0.717, 1.165) is 31.6 Å². The largest absolute Gasteiger partial charge is 0.497 e. The van der Waals surface area contributed by atoms with E-state index in [1.807, 2.05) is 36.1 Å². The van der Waals surface area contributed by atoms with Gasteiger partial charge in [0.15, 0.2) is 0 Å². The molecule has 2 rings (SSSR count). The predicted molar refractivity (Wildman–Crippen MR) is 76.3 cm³/mol. The van der Waals surface area contributed by atoms with E-state index >= 15 is 0 Å². The number of carbonyl (C=O) groups is 1. The number of nitrogens with zero attached hydrogens (tertiary/aromatic N) is 1. The maximum absolute atomic E-state index is 12.4. The van der Waals surface area contributed by atoms with Gasteiger partial charge >= 0.3 is 0 Å². The molecule has 1 amide bonds. The minimum Gasteiger partial charge on any atom is -0.497 e. The third-order valence-corrected chi connectivity index (χ3v) is 3.96. The second kappa shape index (κ2) is 6.09. The molecule has 1 aliphatic rings. The summed E-state index contributed by atoms with van der Waals surface area (Å²) in [5, 5.41) is 0. The smallest absolute Gasteiger partial charge is 0.225 e. The van der Waals surface area contributed by atoms with Crippen molar-refractivity contribution in [3.05, 3.63) is 29.8 Å². The molecule has 1 heterocycles. The molecule has 0 aliphatic carbocycles. The molecule has 1 aliphatic heterocycles. The number of likely N-dealkylation sites (tertiary alicyclic amines) is 1. The van der Waals surface area contributed by atoms with Crippen LogP contribution >= 0.6 is 0 Å². The zero-order valence-corrected chi connectivity index (χ0v) is 12.1. The highest BCUT2D eigenvalue weighted by Gasteiger charge is 2.28. The average Bonchev–Trinajstić information content (AvgIpc) is 2.85. The molecular formula is C16H23NO2. The number of benzene rings is 1. The van der Waals surface area contributed by atoms with Crippen molar-refractivity contribution in [1.82, 2.24) is 4.90 Å². The summed E-state index contributed by atoms with van der Waals surface area (Å²) in [5.74, 6) is 1.20. The van der Waals surface area contributed by atoms with Gasteiger partial charge in [0.2, 0.25) is 5.91 Å². The standard InChI is InChI=1S/C16H23NO2/c1-12(16(18)17-10-4-5-13(17)2)11-14-6-8-15(19-3)9-7-14/h6-9,12-13H,4-5,10-11H2,1-3H3. The van der Waals surface area contributed by atoms with Gasteiger partial charge < -0.3 is 9.64 Å². The zero-order valence-electron chi connectivity index (χ0n) is 12.1. The Hall–Kier alpha value is -1.51. The molecule has 1 fully saturated rings. The Morgan fingerprint density at radius 3 is 2.63 bits per heavy atom. The molecule has 3 heteroatoms. The second-order valence-electron chi connectivity index (χ2n) is 5.48. The molecule has 2 atom stereocenters. The van der Waals surface area contributed by atoms with Crippen molar-refractivity contribution < 1.29 is 9.53 Å². The summed E-state index contributed by atoms with van der Waals surface area (Å²) in [6, 6.07) is 8.38. The molecule has 0 saturated carbocycles. The first-order valence-corrected chi connectivity index (χ1v) is 7.05. The molecule has 0 bridgehead atoms. The summed E-state index contributed by atoms with van der Waals surface area (Å²) in [6.07, 6.45) is 3.08. The highest BCUT2D eigenvalue weighted by Crippen LogP contribution is 2.21. The predicted octanol–water partition coefficient (Wildman–Crippen LogP) is 2.88. The maximum atomic E-state index is 12.4. The fourth-order valence-corrected chi connectivity index (χ4v) is 2.75. The van der Waals surface area contributed by atoms with Crippen LogP contribution in [0.1, 0.15) is 32.3 Å². The van der Waals surface area contributed by atoms with Crippen LogP contribution in [0.15, 0.2) is 24.3 Å². The molecule has 3 nitrogen and oxygen atoms in total. The number of carbonyl (C=O) groups excluding carboxylic acids is 1. The van der Waals surface area contributed by atoms with Gasteiger partial charge in [0.25, 0.3) is 0 Å². The first-order valence-electron chi connectivity index (χ1n) is 7.05. The summed E-state index contributed by atoms with van der Waals surface area (Å²) in [6.45, 7) is 5.09. The average molecular weight is 261 g/mol. The van der Waals surface area contributed by atoms with Gasteiger partial charge in [-0.2, -0.15) is 0 Å². The minimum absolute atomic E-state index is 0.0499. The fourth-order valence-electron chi connectivity index (χ4n) is 2.75. The van der Waals surface area contributed by atoms with Crippen molar-refractivity contribution in [2.24, 2.45) is 5.92 Å². The Balaban J connectivity index is 1.95. The van der Waals surface area contributed by atoms with E-state index in [9.17, 15) is 4.79 Å². The SMILES string of the molecule is COc1ccc(CC(C)C(=O)N2CCCC2C)cc1. The minimum atomic E-state index is 0.0499. The van der Waals surface area contributed by atoms with Crippen molar-refractivity contribution >= 4 is 5.91 Å². The van der Waals surface area contributed by atoms with Crippen molar-refractivity contribution in [3.63, 3.8) is 0 Å². The summed E-state index contributed by atoms with van der Waals surface area (Å²) in [7, 11) is 1.66. The molecule has 104 valence electrons. The Kier molecular flexibility index (Phi) is 4.46. The third-order valence-electron chi connectivity index (χ3n) is 3.96. The Morgan fingerprint density at radius 1 is 1.42 bits per heavy atom. The van der Waals surface area contributed by atoms with Crippen LogP contribution in [-0.4, -0.2) is 30.5 Å². The number of hydrogen-bond donors (Lipinski definition) is 0. The van der Waals surface area contributed by atoms with Crippen LogP contribution in [0.25, 0.3) is 0 Å². The normalized spacial score (nSPS) is 20.4. The van der Waals surface area contributed by atoms with Crippen LogP contribution in [0.4, 0.5) is 0 Å². The van der Waals surface area contributed by atoms with E-state index < -0.39 is 0 Å². The van der Waals surface area contributed by atoms with Crippen molar-refractivity contribution in [2.45, 2.75) is 39.2 Å². The van der Waals surface area contributed by atoms with Crippen LogP contribution in [0, 0.1) is 5.92 Å². The van der Waals surface area contributed by atoms with E-state index in [1.54, 1.807) is 7.11 Å². The van der Waals surface area contributed by atoms with Crippen LogP contribution < -0.4 is 4.74 Å². The van der Waals surface area contributed by atoms with Crippen LogP contribution in [0.3, 0.4) is 0 Å². The first kappa shape index (κ1) is 13.9. The number of ether oxygens (including phenoxy) is 1. The zero-order chi connectivity index (χ0) is 13.8. The lowest BCUT2D eigenvalue weighted by Gasteiger charge is -2.25. The molecular weight excluding hydrogens is 238 g/mol. The Labute approximate surface area is 115 Å². The van der Waals surface area contributed by atoms with Gasteiger partial charge in [0, 0.05) is 18.5 Å². The lowest BCUT2D eigenvalue weighted by atomic mass is 9.99. The van der Waals surface area contributed by atoms with E-state index in [-0.39, 0.29) is 5.92 Å². The number of amides is 1. The van der Waals surface area contributed by atoms with Crippen molar-refractivity contribution in [2.75, 3.05) is 13.7 Å². The maximum Gasteiger partial charge on any atom is 0.225 e. The van der Waals surface area contributed by atoms with Crippen LogP contribution in [-0.2, 0) is 11.2 Å². The fraction of sp³-hybridized carbons (Fsp3) is 0.562. The van der Waals surface area contributed by atoms with Gasteiger partial charge in [-0.25, -0.2) is 0 Å². The van der Waals surface area contributed by atoms with E-state index in [1.165, 1.54) is 5.56 Å². The van der Waals surface area contributed by atoms with E-state index in [4.69, 9.17) is 4.74 Å². The molecule has 2 unspecified atom stereocenters. The van der Waals surface area contributed by atoms with Gasteiger partial charge in [-0.1, -0.05) is 19.1 Å². The molecule has 0 aromatic heterocycles. The quantitative estimate of drug-likeness (QED) is 0.834. The summed E-state index contributed by atoms with van der Waals surface area (Å²) in [5.41, 5.74) is 1.19. The van der Waals surface area contributed by atoms with Crippen molar-refractivity contribution in [3.8, 4) is 5.75 Å². The van der Waals surface area contributed by atoms with Crippen LogP contribution in [0.5, 0.6) is 5.75 Å². The molecule has 0 spiro atoms. The summed E-state index contributed by atoms with van der Waals surface area (Å²) in [4.78, 5) is 14.4.